The third-order valence-electron chi connectivity index (χ3n) is 6.63. The van der Waals surface area contributed by atoms with Crippen LogP contribution in [-0.2, 0) is 35.3 Å². The van der Waals surface area contributed by atoms with E-state index < -0.39 is 18.3 Å². The van der Waals surface area contributed by atoms with Crippen LogP contribution in [-0.4, -0.2) is 74.4 Å². The van der Waals surface area contributed by atoms with Gasteiger partial charge in [-0.05, 0) is 53.5 Å². The van der Waals surface area contributed by atoms with Crippen LogP contribution in [0.2, 0.25) is 18.1 Å². The molecule has 0 aliphatic heterocycles. The molecule has 0 N–H and O–H groups in total. The van der Waals surface area contributed by atoms with E-state index in [4.69, 9.17) is 29.4 Å². The highest BCUT2D eigenvalue weighted by atomic mass is 32.2. The van der Waals surface area contributed by atoms with Crippen molar-refractivity contribution < 1.29 is 27.1 Å². The van der Waals surface area contributed by atoms with E-state index in [2.05, 4.69) is 48.9 Å². The first-order valence-electron chi connectivity index (χ1n) is 13.3. The molecule has 0 saturated heterocycles. The number of nitriles is 1. The molecule has 14 heteroatoms. The van der Waals surface area contributed by atoms with E-state index in [0.717, 1.165) is 5.56 Å². The third-order valence-corrected chi connectivity index (χ3v) is 12.9. The van der Waals surface area contributed by atoms with Crippen LogP contribution in [0.25, 0.3) is 10.4 Å². The largest absolute Gasteiger partial charge is 0.413 e. The molecule has 0 saturated carbocycles. The van der Waals surface area contributed by atoms with E-state index in [0.29, 0.717) is 38.7 Å². The smallest absolute Gasteiger partial charge is 0.281 e. The zero-order chi connectivity index (χ0) is 30.4. The maximum atomic E-state index is 13.6. The van der Waals surface area contributed by atoms with Gasteiger partial charge in [-0.15, -0.1) is 0 Å². The lowest BCUT2D eigenvalue weighted by Gasteiger charge is -2.36. The number of benzene rings is 1. The second kappa shape index (κ2) is 16.4. The van der Waals surface area contributed by atoms with Crippen molar-refractivity contribution in [3.63, 3.8) is 0 Å². The molecule has 1 heterocycles. The Bertz CT molecular complexity index is 1270. The lowest BCUT2D eigenvalue weighted by molar-refractivity contribution is 0.0176. The summed E-state index contributed by atoms with van der Waals surface area (Å²) in [7, 11) is -5.97. The molecule has 0 radical (unpaired) electrons. The highest BCUT2D eigenvalue weighted by Crippen LogP contribution is 2.37. The van der Waals surface area contributed by atoms with Gasteiger partial charge in [0.05, 0.1) is 64.0 Å². The van der Waals surface area contributed by atoms with Crippen LogP contribution in [0.3, 0.4) is 0 Å². The van der Waals surface area contributed by atoms with E-state index in [1.54, 1.807) is 12.1 Å². The van der Waals surface area contributed by atoms with E-state index in [1.807, 2.05) is 18.2 Å². The van der Waals surface area contributed by atoms with E-state index in [9.17, 15) is 8.42 Å². The van der Waals surface area contributed by atoms with Gasteiger partial charge in [0, 0.05) is 17.7 Å². The number of hydrogen-bond donors (Lipinski definition) is 0. The second-order valence-electron chi connectivity index (χ2n) is 10.6. The van der Waals surface area contributed by atoms with Crippen molar-refractivity contribution in [2.75, 3.05) is 57.0 Å². The summed E-state index contributed by atoms with van der Waals surface area (Å²) in [5, 5.41) is 12.4. The molecule has 224 valence electrons. The molecule has 2 aromatic rings. The summed E-state index contributed by atoms with van der Waals surface area (Å²) in [6.07, 6.45) is 1.24. The lowest BCUT2D eigenvalue weighted by Crippen LogP contribution is -2.40. The molecule has 0 aliphatic carbocycles. The summed E-state index contributed by atoms with van der Waals surface area (Å²) in [5.74, 6) is 0. The summed E-state index contributed by atoms with van der Waals surface area (Å²) in [6, 6.07) is 11.9. The highest BCUT2D eigenvalue weighted by molar-refractivity contribution is 7.92. The van der Waals surface area contributed by atoms with Crippen molar-refractivity contribution in [1.82, 2.24) is 4.98 Å². The molecule has 0 aliphatic rings. The molecular formula is C27H40N6O6SSi. The Morgan fingerprint density at radius 2 is 1.61 bits per heavy atom. The van der Waals surface area contributed by atoms with E-state index >= 15 is 0 Å². The van der Waals surface area contributed by atoms with Crippen molar-refractivity contribution in [3.8, 4) is 6.07 Å². The Kier molecular flexibility index (Phi) is 13.7. The predicted octanol–water partition coefficient (Wildman–Crippen LogP) is 5.03. The molecule has 41 heavy (non-hydrogen) atoms. The van der Waals surface area contributed by atoms with Crippen LogP contribution in [0.15, 0.2) is 52.7 Å². The number of sulfonamides is 1. The van der Waals surface area contributed by atoms with Gasteiger partial charge in [0.15, 0.2) is 13.3 Å². The van der Waals surface area contributed by atoms with Gasteiger partial charge < -0.3 is 18.6 Å². The topological polar surface area (TPSA) is 160 Å². The van der Waals surface area contributed by atoms with Crippen LogP contribution >= 0.6 is 0 Å². The molecule has 0 fully saturated rings. The minimum atomic E-state index is -4.03. The minimum absolute atomic E-state index is 0.0480. The fourth-order valence-electron chi connectivity index (χ4n) is 3.18. The molecule has 0 spiro atoms. The van der Waals surface area contributed by atoms with E-state index in [-0.39, 0.29) is 41.9 Å². The van der Waals surface area contributed by atoms with Crippen LogP contribution in [0, 0.1) is 11.3 Å². The van der Waals surface area contributed by atoms with Gasteiger partial charge in [-0.2, -0.15) is 13.7 Å². The zero-order valence-electron chi connectivity index (χ0n) is 24.4. The average molecular weight is 605 g/mol. The number of aromatic nitrogens is 1. The quantitative estimate of drug-likeness (QED) is 0.0753. The molecule has 12 nitrogen and oxygen atoms in total. The number of rotatable bonds is 18. The molecule has 0 unspecified atom stereocenters. The van der Waals surface area contributed by atoms with Crippen molar-refractivity contribution in [2.24, 2.45) is 5.11 Å². The zero-order valence-corrected chi connectivity index (χ0v) is 26.3. The summed E-state index contributed by atoms with van der Waals surface area (Å²) in [5.41, 5.74) is 9.90. The summed E-state index contributed by atoms with van der Waals surface area (Å²) >= 11 is 0. The summed E-state index contributed by atoms with van der Waals surface area (Å²) in [6.45, 7) is 13.4. The van der Waals surface area contributed by atoms with Crippen molar-refractivity contribution in [1.29, 1.82) is 5.26 Å². The number of pyridine rings is 1. The average Bonchev–Trinajstić information content (AvgIpc) is 2.94. The fourth-order valence-corrected chi connectivity index (χ4v) is 5.50. The van der Waals surface area contributed by atoms with Crippen molar-refractivity contribution in [2.45, 2.75) is 50.5 Å². The molecule has 0 bridgehead atoms. The van der Waals surface area contributed by atoms with Crippen LogP contribution in [0.1, 0.15) is 31.9 Å². The maximum absolute atomic E-state index is 13.6. The SMILES string of the molecule is CC(C)(C)[Si](C)(C)OCc1ccc(N(CCOCCOCCOCCN=[N+]=[N-])S(=O)(=O)c2ccc(C#N)cn2)cc1. The van der Waals surface area contributed by atoms with Gasteiger partial charge in [0.2, 0.25) is 0 Å². The van der Waals surface area contributed by atoms with Gasteiger partial charge in [0.1, 0.15) is 6.07 Å². The van der Waals surface area contributed by atoms with Crippen LogP contribution < -0.4 is 4.31 Å². The summed E-state index contributed by atoms with van der Waals surface area (Å²) in [4.78, 5) is 6.66. The first kappa shape index (κ1) is 34.2. The highest BCUT2D eigenvalue weighted by Gasteiger charge is 2.37. The van der Waals surface area contributed by atoms with E-state index in [1.165, 1.54) is 22.6 Å². The number of nitrogens with zero attached hydrogens (tertiary/aromatic N) is 6. The first-order chi connectivity index (χ1) is 19.4. The predicted molar refractivity (Wildman–Crippen MR) is 158 cm³/mol. The van der Waals surface area contributed by atoms with Gasteiger partial charge >= 0.3 is 0 Å². The number of hydrogen-bond acceptors (Lipinski definition) is 9. The number of anilines is 1. The number of ether oxygens (including phenoxy) is 3. The Labute approximate surface area is 244 Å². The van der Waals surface area contributed by atoms with Crippen LogP contribution in [0.5, 0.6) is 0 Å². The number of azide groups is 1. The normalized spacial score (nSPS) is 12.0. The maximum Gasteiger partial charge on any atom is 0.281 e. The first-order valence-corrected chi connectivity index (χ1v) is 17.6. The minimum Gasteiger partial charge on any atom is -0.413 e. The molecule has 1 aromatic heterocycles. The fraction of sp³-hybridized carbons (Fsp3) is 0.556. The Morgan fingerprint density at radius 3 is 2.15 bits per heavy atom. The Balaban J connectivity index is 2.02. The third kappa shape index (κ3) is 11.1. The molecule has 0 atom stereocenters. The van der Waals surface area contributed by atoms with Gasteiger partial charge in [-0.25, -0.2) is 4.98 Å². The monoisotopic (exact) mass is 604 g/mol. The standard InChI is InChI=1S/C27H40N6O6SSi/c1-27(2,3)41(4,5)39-22-23-6-9-25(10-7-23)33(40(34,35)26-11-8-24(20-28)21-30-26)13-15-37-17-19-38-18-16-36-14-12-31-32-29/h6-11,21H,12-19,22H2,1-5H3. The van der Waals surface area contributed by atoms with Crippen molar-refractivity contribution in [3.05, 3.63) is 64.2 Å². The van der Waals surface area contributed by atoms with Crippen LogP contribution in [0.4, 0.5) is 5.69 Å². The molecule has 2 rings (SSSR count). The Hall–Kier alpha value is -3.02. The molecular weight excluding hydrogens is 564 g/mol. The van der Waals surface area contributed by atoms with Gasteiger partial charge in [0.25, 0.3) is 10.0 Å². The second-order valence-corrected chi connectivity index (χ2v) is 17.2. The van der Waals surface area contributed by atoms with Crippen molar-refractivity contribution >= 4 is 24.0 Å². The summed E-state index contributed by atoms with van der Waals surface area (Å²) < 4.78 is 51.0. The Morgan fingerprint density at radius 1 is 1.00 bits per heavy atom. The lowest BCUT2D eigenvalue weighted by atomic mass is 10.2. The van der Waals surface area contributed by atoms with Gasteiger partial charge in [-0.1, -0.05) is 38.0 Å². The van der Waals surface area contributed by atoms with Gasteiger partial charge in [-0.3, -0.25) is 4.31 Å². The molecule has 1 aromatic carbocycles. The molecule has 0 amide bonds.